The number of anilines is 1. The summed E-state index contributed by atoms with van der Waals surface area (Å²) < 4.78 is 31.1. The van der Waals surface area contributed by atoms with Crippen LogP contribution in [0.15, 0.2) is 88.0 Å². The Bertz CT molecular complexity index is 1590. The molecule has 1 aliphatic rings. The summed E-state index contributed by atoms with van der Waals surface area (Å²) in [6.07, 6.45) is 0. The Balaban J connectivity index is 1.27. The minimum Gasteiger partial charge on any atom is -0.452 e. The largest absolute Gasteiger partial charge is 0.452 e. The first-order valence-electron chi connectivity index (χ1n) is 10.4. The Hall–Kier alpha value is -4.15. The Labute approximate surface area is 204 Å². The van der Waals surface area contributed by atoms with Crippen LogP contribution in [0.5, 0.6) is 0 Å². The highest BCUT2D eigenvalue weighted by atomic mass is 32.2. The predicted octanol–water partition coefficient (Wildman–Crippen LogP) is 3.98. The molecule has 1 N–H and O–H groups in total. The zero-order valence-electron chi connectivity index (χ0n) is 17.9. The van der Waals surface area contributed by atoms with Gasteiger partial charge in [0.05, 0.1) is 21.0 Å². The third kappa shape index (κ3) is 4.25. The number of aromatic nitrogens is 1. The van der Waals surface area contributed by atoms with E-state index in [1.807, 2.05) is 30.3 Å². The van der Waals surface area contributed by atoms with E-state index in [0.717, 1.165) is 11.6 Å². The van der Waals surface area contributed by atoms with E-state index in [1.54, 1.807) is 11.4 Å². The standard InChI is InChI=1S/C25H16N2O6S2/c28-22(27-25-26-19(14-34-25)15-6-2-1-3-7-15)13-33-24(30)16-10-11-18-21(12-16)35(31,32)20-9-5-4-8-17(20)23(18)29/h1-12,14H,13H2,(H,26,27,28). The molecule has 2 heterocycles. The molecule has 4 aromatic rings. The van der Waals surface area contributed by atoms with Gasteiger partial charge in [-0.3, -0.25) is 14.9 Å². The van der Waals surface area contributed by atoms with Crippen LogP contribution < -0.4 is 5.32 Å². The molecule has 0 atom stereocenters. The molecule has 1 aromatic heterocycles. The zero-order chi connectivity index (χ0) is 24.6. The van der Waals surface area contributed by atoms with E-state index in [9.17, 15) is 22.8 Å². The van der Waals surface area contributed by atoms with Crippen molar-refractivity contribution in [3.05, 3.63) is 94.9 Å². The Morgan fingerprint density at radius 3 is 2.43 bits per heavy atom. The second-order valence-corrected chi connectivity index (χ2v) is 10.3. The first-order chi connectivity index (χ1) is 16.8. The van der Waals surface area contributed by atoms with Crippen molar-refractivity contribution in [1.29, 1.82) is 0 Å². The number of carbonyl (C=O) groups is 3. The SMILES string of the molecule is O=C(COC(=O)c1ccc2c(c1)S(=O)(=O)c1ccccc1C2=O)Nc1nc(-c2ccccc2)cs1. The highest BCUT2D eigenvalue weighted by Crippen LogP contribution is 2.34. The van der Waals surface area contributed by atoms with Gasteiger partial charge in [-0.1, -0.05) is 42.5 Å². The van der Waals surface area contributed by atoms with Gasteiger partial charge in [-0.25, -0.2) is 18.2 Å². The minimum absolute atomic E-state index is 0.0176. The van der Waals surface area contributed by atoms with Gasteiger partial charge in [0.25, 0.3) is 5.91 Å². The van der Waals surface area contributed by atoms with Crippen LogP contribution in [0.4, 0.5) is 5.13 Å². The smallest absolute Gasteiger partial charge is 0.338 e. The molecule has 0 aliphatic carbocycles. The number of carbonyl (C=O) groups excluding carboxylic acids is 3. The van der Waals surface area contributed by atoms with Crippen LogP contribution in [-0.2, 0) is 19.4 Å². The van der Waals surface area contributed by atoms with Gasteiger partial charge >= 0.3 is 5.97 Å². The monoisotopic (exact) mass is 504 g/mol. The summed E-state index contributed by atoms with van der Waals surface area (Å²) in [6, 6.07) is 19.0. The van der Waals surface area contributed by atoms with Crippen molar-refractivity contribution in [3.63, 3.8) is 0 Å². The van der Waals surface area contributed by atoms with Crippen molar-refractivity contribution < 1.29 is 27.5 Å². The van der Waals surface area contributed by atoms with Gasteiger partial charge in [-0.05, 0) is 30.3 Å². The van der Waals surface area contributed by atoms with Gasteiger partial charge in [0.15, 0.2) is 17.5 Å². The van der Waals surface area contributed by atoms with Crippen molar-refractivity contribution in [2.75, 3.05) is 11.9 Å². The van der Waals surface area contributed by atoms with Crippen LogP contribution in [0, 0.1) is 0 Å². The molecule has 0 saturated heterocycles. The Kier molecular flexibility index (Phi) is 5.75. The second-order valence-electron chi connectivity index (χ2n) is 7.57. The fraction of sp³-hybridized carbons (Fsp3) is 0.0400. The number of sulfone groups is 1. The fourth-order valence-electron chi connectivity index (χ4n) is 3.65. The normalized spacial score (nSPS) is 13.4. The maximum absolute atomic E-state index is 13.0. The number of hydrogen-bond donors (Lipinski definition) is 1. The van der Waals surface area contributed by atoms with E-state index in [2.05, 4.69) is 10.3 Å². The summed E-state index contributed by atoms with van der Waals surface area (Å²) in [5, 5.41) is 4.71. The molecule has 5 rings (SSSR count). The van der Waals surface area contributed by atoms with Crippen LogP contribution in [-0.4, -0.2) is 37.7 Å². The molecular weight excluding hydrogens is 488 g/mol. The average Bonchev–Trinajstić information content (AvgIpc) is 3.35. The molecule has 0 saturated carbocycles. The fourth-order valence-corrected chi connectivity index (χ4v) is 6.07. The van der Waals surface area contributed by atoms with Crippen LogP contribution in [0.25, 0.3) is 11.3 Å². The molecule has 3 aromatic carbocycles. The predicted molar refractivity (Wildman–Crippen MR) is 128 cm³/mol. The van der Waals surface area contributed by atoms with Crippen molar-refractivity contribution in [2.24, 2.45) is 0 Å². The van der Waals surface area contributed by atoms with E-state index in [4.69, 9.17) is 4.74 Å². The molecule has 1 aliphatic heterocycles. The molecule has 0 radical (unpaired) electrons. The van der Waals surface area contributed by atoms with Gasteiger partial charge in [0, 0.05) is 22.1 Å². The summed E-state index contributed by atoms with van der Waals surface area (Å²) in [5.74, 6) is -1.93. The summed E-state index contributed by atoms with van der Waals surface area (Å²) in [5.41, 5.74) is 1.59. The molecule has 8 nitrogen and oxygen atoms in total. The van der Waals surface area contributed by atoms with Gasteiger partial charge in [-0.2, -0.15) is 0 Å². The number of fused-ring (bicyclic) bond motifs is 2. The zero-order valence-corrected chi connectivity index (χ0v) is 19.6. The number of hydrogen-bond acceptors (Lipinski definition) is 8. The lowest BCUT2D eigenvalue weighted by atomic mass is 10.0. The molecule has 10 heteroatoms. The van der Waals surface area contributed by atoms with E-state index < -0.39 is 34.1 Å². The number of ketones is 1. The highest BCUT2D eigenvalue weighted by Gasteiger charge is 2.35. The third-order valence-corrected chi connectivity index (χ3v) is 7.94. The summed E-state index contributed by atoms with van der Waals surface area (Å²) in [6.45, 7) is -0.593. The molecule has 0 bridgehead atoms. The number of benzene rings is 3. The number of esters is 1. The van der Waals surface area contributed by atoms with E-state index in [0.29, 0.717) is 10.8 Å². The van der Waals surface area contributed by atoms with Crippen molar-refractivity contribution in [3.8, 4) is 11.3 Å². The van der Waals surface area contributed by atoms with E-state index in [-0.39, 0.29) is 26.5 Å². The molecule has 1 amide bonds. The number of nitrogens with zero attached hydrogens (tertiary/aromatic N) is 1. The number of rotatable bonds is 5. The minimum atomic E-state index is -4.00. The summed E-state index contributed by atoms with van der Waals surface area (Å²) in [7, 11) is -4.00. The molecule has 0 fully saturated rings. The third-order valence-electron chi connectivity index (χ3n) is 5.33. The van der Waals surface area contributed by atoms with Crippen LogP contribution in [0.3, 0.4) is 0 Å². The lowest BCUT2D eigenvalue weighted by Crippen LogP contribution is -2.22. The number of thiazole rings is 1. The lowest BCUT2D eigenvalue weighted by Gasteiger charge is -2.19. The molecular formula is C25H16N2O6S2. The first kappa shape index (κ1) is 22.6. The van der Waals surface area contributed by atoms with Crippen molar-refractivity contribution in [2.45, 2.75) is 9.79 Å². The summed E-state index contributed by atoms with van der Waals surface area (Å²) in [4.78, 5) is 41.5. The van der Waals surface area contributed by atoms with Gasteiger partial charge in [-0.15, -0.1) is 11.3 Å². The number of ether oxygens (including phenoxy) is 1. The van der Waals surface area contributed by atoms with Crippen molar-refractivity contribution >= 4 is 44.0 Å². The number of nitrogens with one attached hydrogen (secondary N) is 1. The van der Waals surface area contributed by atoms with Gasteiger partial charge < -0.3 is 4.74 Å². The summed E-state index contributed by atoms with van der Waals surface area (Å²) >= 11 is 1.23. The van der Waals surface area contributed by atoms with E-state index in [1.165, 1.54) is 41.7 Å². The van der Waals surface area contributed by atoms with Gasteiger partial charge in [0.1, 0.15) is 0 Å². The number of amides is 1. The van der Waals surface area contributed by atoms with Gasteiger partial charge in [0.2, 0.25) is 9.84 Å². The van der Waals surface area contributed by atoms with E-state index >= 15 is 0 Å². The Morgan fingerprint density at radius 2 is 1.63 bits per heavy atom. The Morgan fingerprint density at radius 1 is 0.914 bits per heavy atom. The lowest BCUT2D eigenvalue weighted by molar-refractivity contribution is -0.119. The van der Waals surface area contributed by atoms with Crippen LogP contribution >= 0.6 is 11.3 Å². The highest BCUT2D eigenvalue weighted by molar-refractivity contribution is 7.91. The first-order valence-corrected chi connectivity index (χ1v) is 12.7. The maximum atomic E-state index is 13.0. The maximum Gasteiger partial charge on any atom is 0.338 e. The topological polar surface area (TPSA) is 120 Å². The quantitative estimate of drug-likeness (QED) is 0.360. The molecule has 35 heavy (non-hydrogen) atoms. The average molecular weight is 505 g/mol. The second kappa shape index (κ2) is 8.90. The van der Waals surface area contributed by atoms with Crippen LogP contribution in [0.2, 0.25) is 0 Å². The molecule has 0 spiro atoms. The van der Waals surface area contributed by atoms with Crippen molar-refractivity contribution in [1.82, 2.24) is 4.98 Å². The molecule has 174 valence electrons. The van der Waals surface area contributed by atoms with Crippen LogP contribution in [0.1, 0.15) is 26.3 Å². The molecule has 0 unspecified atom stereocenters.